The van der Waals surface area contributed by atoms with E-state index in [0.717, 1.165) is 26.1 Å². The van der Waals surface area contributed by atoms with Gasteiger partial charge in [0.15, 0.2) is 0 Å². The SMILES string of the molecule is COCCNCC(Cc1ccc(Br)s1)c1ccc(C)cc1. The Balaban J connectivity index is 2.04. The van der Waals surface area contributed by atoms with Crippen LogP contribution in [0.1, 0.15) is 21.9 Å². The van der Waals surface area contributed by atoms with Gasteiger partial charge < -0.3 is 10.1 Å². The largest absolute Gasteiger partial charge is 0.383 e. The molecule has 1 N–H and O–H groups in total. The molecule has 114 valence electrons. The second-order valence-corrected chi connectivity index (χ2v) is 7.76. The molecule has 1 atom stereocenters. The van der Waals surface area contributed by atoms with Crippen LogP contribution in [0.4, 0.5) is 0 Å². The molecule has 2 nitrogen and oxygen atoms in total. The molecule has 2 aromatic rings. The molecule has 0 aliphatic rings. The first-order valence-electron chi connectivity index (χ1n) is 7.19. The molecule has 1 aromatic heterocycles. The number of methoxy groups -OCH3 is 1. The average Bonchev–Trinajstić information content (AvgIpc) is 2.88. The fraction of sp³-hybridized carbons (Fsp3) is 0.412. The summed E-state index contributed by atoms with van der Waals surface area (Å²) in [5.41, 5.74) is 2.71. The number of thiophene rings is 1. The number of benzene rings is 1. The van der Waals surface area contributed by atoms with Crippen molar-refractivity contribution < 1.29 is 4.74 Å². The van der Waals surface area contributed by atoms with Gasteiger partial charge in [-0.3, -0.25) is 0 Å². The quantitative estimate of drug-likeness (QED) is 0.698. The maximum Gasteiger partial charge on any atom is 0.0701 e. The second-order valence-electron chi connectivity index (χ2n) is 5.21. The van der Waals surface area contributed by atoms with Crippen LogP contribution in [0.5, 0.6) is 0 Å². The Labute approximate surface area is 139 Å². The van der Waals surface area contributed by atoms with Crippen molar-refractivity contribution >= 4 is 27.3 Å². The number of nitrogens with one attached hydrogen (secondary N) is 1. The first kappa shape index (κ1) is 16.7. The van der Waals surface area contributed by atoms with Gasteiger partial charge in [0, 0.05) is 31.0 Å². The van der Waals surface area contributed by atoms with E-state index in [-0.39, 0.29) is 0 Å². The lowest BCUT2D eigenvalue weighted by molar-refractivity contribution is 0.199. The summed E-state index contributed by atoms with van der Waals surface area (Å²) >= 11 is 5.37. The van der Waals surface area contributed by atoms with Crippen molar-refractivity contribution in [3.63, 3.8) is 0 Å². The Hall–Kier alpha value is -0.680. The van der Waals surface area contributed by atoms with Crippen LogP contribution in [0.15, 0.2) is 40.2 Å². The number of rotatable bonds is 8. The van der Waals surface area contributed by atoms with Crippen molar-refractivity contribution in [2.24, 2.45) is 0 Å². The third-order valence-electron chi connectivity index (χ3n) is 3.50. The fourth-order valence-electron chi connectivity index (χ4n) is 2.30. The predicted molar refractivity (Wildman–Crippen MR) is 94.4 cm³/mol. The summed E-state index contributed by atoms with van der Waals surface area (Å²) in [6.07, 6.45) is 1.07. The van der Waals surface area contributed by atoms with E-state index in [9.17, 15) is 0 Å². The zero-order valence-electron chi connectivity index (χ0n) is 12.6. The Morgan fingerprint density at radius 3 is 2.57 bits per heavy atom. The lowest BCUT2D eigenvalue weighted by Gasteiger charge is -2.18. The molecule has 1 unspecified atom stereocenters. The highest BCUT2D eigenvalue weighted by atomic mass is 79.9. The van der Waals surface area contributed by atoms with E-state index in [4.69, 9.17) is 4.74 Å². The van der Waals surface area contributed by atoms with Gasteiger partial charge in [-0.15, -0.1) is 11.3 Å². The summed E-state index contributed by atoms with van der Waals surface area (Å²) in [7, 11) is 1.74. The van der Waals surface area contributed by atoms with Gasteiger partial charge in [0.1, 0.15) is 0 Å². The van der Waals surface area contributed by atoms with Gasteiger partial charge in [-0.25, -0.2) is 0 Å². The van der Waals surface area contributed by atoms with Gasteiger partial charge >= 0.3 is 0 Å². The smallest absolute Gasteiger partial charge is 0.0701 e. The molecular formula is C17H22BrNOS. The summed E-state index contributed by atoms with van der Waals surface area (Å²) in [6, 6.07) is 13.2. The molecule has 0 spiro atoms. The van der Waals surface area contributed by atoms with Gasteiger partial charge in [-0.05, 0) is 47.0 Å². The minimum absolute atomic E-state index is 0.494. The highest BCUT2D eigenvalue weighted by Crippen LogP contribution is 2.28. The first-order chi connectivity index (χ1) is 10.2. The summed E-state index contributed by atoms with van der Waals surface area (Å²) in [6.45, 7) is 4.76. The highest BCUT2D eigenvalue weighted by molar-refractivity contribution is 9.11. The Morgan fingerprint density at radius 2 is 1.95 bits per heavy atom. The van der Waals surface area contributed by atoms with Crippen LogP contribution in [-0.2, 0) is 11.2 Å². The molecule has 0 saturated heterocycles. The lowest BCUT2D eigenvalue weighted by atomic mass is 9.94. The molecule has 1 heterocycles. The van der Waals surface area contributed by atoms with E-state index >= 15 is 0 Å². The van der Waals surface area contributed by atoms with E-state index in [2.05, 4.69) is 64.6 Å². The van der Waals surface area contributed by atoms with E-state index in [0.29, 0.717) is 5.92 Å². The third kappa shape index (κ3) is 5.55. The summed E-state index contributed by atoms with van der Waals surface area (Å²) in [5, 5.41) is 3.49. The number of aryl methyl sites for hydroxylation is 1. The molecular weight excluding hydrogens is 346 g/mol. The van der Waals surface area contributed by atoms with Crippen molar-refractivity contribution in [2.45, 2.75) is 19.3 Å². The molecule has 0 bridgehead atoms. The minimum Gasteiger partial charge on any atom is -0.383 e. The van der Waals surface area contributed by atoms with Crippen LogP contribution in [0.3, 0.4) is 0 Å². The van der Waals surface area contributed by atoms with Gasteiger partial charge in [-0.2, -0.15) is 0 Å². The van der Waals surface area contributed by atoms with E-state index in [1.54, 1.807) is 7.11 Å². The van der Waals surface area contributed by atoms with Crippen LogP contribution in [0.25, 0.3) is 0 Å². The molecule has 21 heavy (non-hydrogen) atoms. The number of ether oxygens (including phenoxy) is 1. The summed E-state index contributed by atoms with van der Waals surface area (Å²) < 4.78 is 6.30. The van der Waals surface area contributed by atoms with Crippen molar-refractivity contribution in [3.8, 4) is 0 Å². The molecule has 1 aromatic carbocycles. The number of halogens is 1. The molecule has 0 fully saturated rings. The summed E-state index contributed by atoms with van der Waals surface area (Å²) in [5.74, 6) is 0.494. The molecule has 0 saturated carbocycles. The molecule has 0 amide bonds. The maximum atomic E-state index is 5.10. The summed E-state index contributed by atoms with van der Waals surface area (Å²) in [4.78, 5) is 1.42. The molecule has 0 aliphatic heterocycles. The van der Waals surface area contributed by atoms with Gasteiger partial charge in [0.25, 0.3) is 0 Å². The Morgan fingerprint density at radius 1 is 1.19 bits per heavy atom. The third-order valence-corrected chi connectivity index (χ3v) is 5.14. The second kappa shape index (κ2) is 8.69. The monoisotopic (exact) mass is 367 g/mol. The lowest BCUT2D eigenvalue weighted by Crippen LogP contribution is -2.26. The number of hydrogen-bond acceptors (Lipinski definition) is 3. The van der Waals surface area contributed by atoms with Crippen LogP contribution < -0.4 is 5.32 Å². The molecule has 2 rings (SSSR count). The Bertz CT molecular complexity index is 538. The Kier molecular flexibility index (Phi) is 6.90. The van der Waals surface area contributed by atoms with Crippen molar-refractivity contribution in [1.29, 1.82) is 0 Å². The van der Waals surface area contributed by atoms with Gasteiger partial charge in [0.2, 0.25) is 0 Å². The van der Waals surface area contributed by atoms with Crippen LogP contribution in [0.2, 0.25) is 0 Å². The topological polar surface area (TPSA) is 21.3 Å². The molecule has 4 heteroatoms. The normalized spacial score (nSPS) is 12.5. The van der Waals surface area contributed by atoms with E-state index in [1.807, 2.05) is 11.3 Å². The highest BCUT2D eigenvalue weighted by Gasteiger charge is 2.13. The van der Waals surface area contributed by atoms with Gasteiger partial charge in [-0.1, -0.05) is 29.8 Å². The van der Waals surface area contributed by atoms with Crippen molar-refractivity contribution in [1.82, 2.24) is 5.32 Å². The minimum atomic E-state index is 0.494. The van der Waals surface area contributed by atoms with Crippen LogP contribution in [-0.4, -0.2) is 26.8 Å². The molecule has 0 radical (unpaired) electrons. The predicted octanol–water partition coefficient (Wildman–Crippen LogP) is 4.38. The fourth-order valence-corrected chi connectivity index (χ4v) is 3.86. The average molecular weight is 368 g/mol. The van der Waals surface area contributed by atoms with E-state index < -0.39 is 0 Å². The standard InChI is InChI=1S/C17H22BrNOS/c1-13-3-5-14(6-4-13)15(12-19-9-10-20-2)11-16-7-8-17(18)21-16/h3-8,15,19H,9-12H2,1-2H3. The van der Waals surface area contributed by atoms with Crippen LogP contribution >= 0.6 is 27.3 Å². The van der Waals surface area contributed by atoms with Crippen LogP contribution in [0, 0.1) is 6.92 Å². The maximum absolute atomic E-state index is 5.10. The van der Waals surface area contributed by atoms with Gasteiger partial charge in [0.05, 0.1) is 10.4 Å². The van der Waals surface area contributed by atoms with Crippen molar-refractivity contribution in [2.75, 3.05) is 26.8 Å². The zero-order valence-corrected chi connectivity index (χ0v) is 15.0. The first-order valence-corrected chi connectivity index (χ1v) is 8.80. The zero-order chi connectivity index (χ0) is 15.1. The van der Waals surface area contributed by atoms with Crippen molar-refractivity contribution in [3.05, 3.63) is 56.2 Å². The van der Waals surface area contributed by atoms with E-state index in [1.165, 1.54) is 19.8 Å². The molecule has 0 aliphatic carbocycles. The number of hydrogen-bond donors (Lipinski definition) is 1.